The minimum atomic E-state index is -0.0135. The fourth-order valence-corrected chi connectivity index (χ4v) is 4.32. The zero-order chi connectivity index (χ0) is 23.3. The van der Waals surface area contributed by atoms with Gasteiger partial charge in [0.2, 0.25) is 5.95 Å². The van der Waals surface area contributed by atoms with Gasteiger partial charge in [0.25, 0.3) is 5.91 Å². The van der Waals surface area contributed by atoms with Gasteiger partial charge in [-0.15, -0.1) is 0 Å². The van der Waals surface area contributed by atoms with E-state index in [9.17, 15) is 4.79 Å². The third kappa shape index (κ3) is 4.69. The highest BCUT2D eigenvalue weighted by Gasteiger charge is 2.25. The molecule has 0 atom stereocenters. The molecule has 1 fully saturated rings. The normalized spacial score (nSPS) is 13.8. The number of benzene rings is 2. The molecule has 0 unspecified atom stereocenters. The minimum Gasteiger partial charge on any atom is -0.353 e. The first-order chi connectivity index (χ1) is 16.7. The second kappa shape index (κ2) is 9.87. The molecule has 172 valence electrons. The van der Waals surface area contributed by atoms with E-state index in [1.54, 1.807) is 6.20 Å². The van der Waals surface area contributed by atoms with Gasteiger partial charge in [0.05, 0.1) is 0 Å². The van der Waals surface area contributed by atoms with Crippen LogP contribution in [0.4, 0.5) is 11.8 Å². The van der Waals surface area contributed by atoms with Crippen molar-refractivity contribution < 1.29 is 4.79 Å². The molecule has 2 aromatic heterocycles. The zero-order valence-corrected chi connectivity index (χ0v) is 19.3. The molecule has 7 nitrogen and oxygen atoms in total. The van der Waals surface area contributed by atoms with Crippen LogP contribution in [-0.4, -0.2) is 65.5 Å². The Morgan fingerprint density at radius 3 is 2.44 bits per heavy atom. The van der Waals surface area contributed by atoms with Crippen molar-refractivity contribution in [2.45, 2.75) is 6.42 Å². The van der Waals surface area contributed by atoms with E-state index in [-0.39, 0.29) is 5.91 Å². The first-order valence-corrected chi connectivity index (χ1v) is 11.6. The third-order valence-corrected chi connectivity index (χ3v) is 6.32. The first-order valence-electron chi connectivity index (χ1n) is 11.6. The molecule has 0 radical (unpaired) electrons. The van der Waals surface area contributed by atoms with Gasteiger partial charge in [0.15, 0.2) is 0 Å². The number of likely N-dealkylation sites (N-methyl/N-ethyl adjacent to an activating group) is 1. The van der Waals surface area contributed by atoms with Crippen molar-refractivity contribution in [3.05, 3.63) is 90.4 Å². The highest BCUT2D eigenvalue weighted by molar-refractivity contribution is 6.05. The van der Waals surface area contributed by atoms with Crippen LogP contribution in [0.2, 0.25) is 0 Å². The van der Waals surface area contributed by atoms with Crippen molar-refractivity contribution in [1.29, 1.82) is 0 Å². The number of amides is 1. The Kier molecular flexibility index (Phi) is 6.33. The molecule has 3 heterocycles. The number of pyridine rings is 1. The fourth-order valence-electron chi connectivity index (χ4n) is 4.32. The van der Waals surface area contributed by atoms with Crippen molar-refractivity contribution in [1.82, 2.24) is 19.9 Å². The summed E-state index contributed by atoms with van der Waals surface area (Å²) in [4.78, 5) is 33.1. The Labute approximate surface area is 199 Å². The van der Waals surface area contributed by atoms with E-state index in [1.807, 2.05) is 60.6 Å². The van der Waals surface area contributed by atoms with Gasteiger partial charge in [-0.05, 0) is 29.5 Å². The summed E-state index contributed by atoms with van der Waals surface area (Å²) >= 11 is 0. The second-order valence-electron chi connectivity index (χ2n) is 8.53. The van der Waals surface area contributed by atoms with E-state index in [4.69, 9.17) is 4.98 Å². The van der Waals surface area contributed by atoms with Crippen LogP contribution in [0.5, 0.6) is 0 Å². The maximum absolute atomic E-state index is 13.2. The van der Waals surface area contributed by atoms with Gasteiger partial charge >= 0.3 is 0 Å². The SMILES string of the molecule is CN(CCc1ccccc1)c1nccc(N2CCN(C(=O)c3nccc4ccccc34)CC2)n1. The van der Waals surface area contributed by atoms with Gasteiger partial charge in [-0.1, -0.05) is 54.6 Å². The van der Waals surface area contributed by atoms with Crippen molar-refractivity contribution in [2.75, 3.05) is 49.6 Å². The van der Waals surface area contributed by atoms with Gasteiger partial charge in [-0.25, -0.2) is 4.98 Å². The Balaban J connectivity index is 1.22. The Bertz CT molecular complexity index is 1270. The van der Waals surface area contributed by atoms with Crippen LogP contribution in [0.1, 0.15) is 16.1 Å². The Morgan fingerprint density at radius 1 is 0.882 bits per heavy atom. The summed E-state index contributed by atoms with van der Waals surface area (Å²) < 4.78 is 0. The average Bonchev–Trinajstić information content (AvgIpc) is 2.92. The fraction of sp³-hybridized carbons (Fsp3) is 0.259. The van der Waals surface area contributed by atoms with Crippen LogP contribution >= 0.6 is 0 Å². The summed E-state index contributed by atoms with van der Waals surface area (Å²) in [6.45, 7) is 3.55. The van der Waals surface area contributed by atoms with Crippen molar-refractivity contribution >= 4 is 28.4 Å². The lowest BCUT2D eigenvalue weighted by molar-refractivity contribution is 0.0743. The summed E-state index contributed by atoms with van der Waals surface area (Å²) in [5.74, 6) is 1.60. The van der Waals surface area contributed by atoms with E-state index < -0.39 is 0 Å². The minimum absolute atomic E-state index is 0.0135. The lowest BCUT2D eigenvalue weighted by Crippen LogP contribution is -2.49. The quantitative estimate of drug-likeness (QED) is 0.445. The summed E-state index contributed by atoms with van der Waals surface area (Å²) in [5, 5.41) is 1.93. The van der Waals surface area contributed by atoms with Crippen LogP contribution in [0.25, 0.3) is 10.8 Å². The Morgan fingerprint density at radius 2 is 1.62 bits per heavy atom. The molecule has 0 aliphatic carbocycles. The van der Waals surface area contributed by atoms with E-state index >= 15 is 0 Å². The van der Waals surface area contributed by atoms with E-state index in [0.717, 1.165) is 42.6 Å². The largest absolute Gasteiger partial charge is 0.353 e. The van der Waals surface area contributed by atoms with Crippen molar-refractivity contribution in [3.63, 3.8) is 0 Å². The van der Waals surface area contributed by atoms with Gasteiger partial charge in [0.1, 0.15) is 11.5 Å². The number of fused-ring (bicyclic) bond motifs is 1. The summed E-state index contributed by atoms with van der Waals surface area (Å²) in [7, 11) is 2.02. The van der Waals surface area contributed by atoms with Crippen LogP contribution in [0, 0.1) is 0 Å². The van der Waals surface area contributed by atoms with Crippen LogP contribution in [0.15, 0.2) is 79.1 Å². The predicted octanol–water partition coefficient (Wildman–Crippen LogP) is 3.67. The molecule has 2 aromatic carbocycles. The summed E-state index contributed by atoms with van der Waals surface area (Å²) in [5.41, 5.74) is 1.82. The third-order valence-electron chi connectivity index (χ3n) is 6.32. The van der Waals surface area contributed by atoms with E-state index in [0.29, 0.717) is 24.7 Å². The average molecular weight is 453 g/mol. The maximum Gasteiger partial charge on any atom is 0.273 e. The number of rotatable bonds is 6. The number of carbonyl (C=O) groups excluding carboxylic acids is 1. The smallest absolute Gasteiger partial charge is 0.273 e. The van der Waals surface area contributed by atoms with Gasteiger partial charge < -0.3 is 14.7 Å². The predicted molar refractivity (Wildman–Crippen MR) is 135 cm³/mol. The monoisotopic (exact) mass is 452 g/mol. The van der Waals surface area contributed by atoms with E-state index in [1.165, 1.54) is 5.56 Å². The van der Waals surface area contributed by atoms with Crippen LogP contribution in [-0.2, 0) is 6.42 Å². The Hall–Kier alpha value is -4.00. The zero-order valence-electron chi connectivity index (χ0n) is 19.3. The molecule has 0 saturated carbocycles. The molecule has 1 amide bonds. The molecule has 5 rings (SSSR count). The topological polar surface area (TPSA) is 65.5 Å². The highest BCUT2D eigenvalue weighted by atomic mass is 16.2. The van der Waals surface area contributed by atoms with Crippen LogP contribution < -0.4 is 9.80 Å². The van der Waals surface area contributed by atoms with Gasteiger partial charge in [0, 0.05) is 57.6 Å². The number of aromatic nitrogens is 3. The molecular formula is C27H28N6O. The first kappa shape index (κ1) is 21.8. The molecule has 0 spiro atoms. The number of hydrogen-bond donors (Lipinski definition) is 0. The number of hydrogen-bond acceptors (Lipinski definition) is 6. The summed E-state index contributed by atoms with van der Waals surface area (Å²) in [6, 6.07) is 22.2. The standard InChI is InChI=1S/C27H28N6O/c1-31(16-13-21-7-3-2-4-8-21)27-29-15-12-24(30-27)32-17-19-33(20-18-32)26(34)25-23-10-6-5-9-22(23)11-14-28-25/h2-12,14-15H,13,16-20H2,1H3. The van der Waals surface area contributed by atoms with Gasteiger partial charge in [-0.2, -0.15) is 4.98 Å². The molecule has 7 heteroatoms. The number of piperazine rings is 1. The molecule has 34 heavy (non-hydrogen) atoms. The molecule has 1 aliphatic heterocycles. The lowest BCUT2D eigenvalue weighted by atomic mass is 10.1. The molecule has 4 aromatic rings. The van der Waals surface area contributed by atoms with E-state index in [2.05, 4.69) is 44.0 Å². The molecule has 0 bridgehead atoms. The summed E-state index contributed by atoms with van der Waals surface area (Å²) in [6.07, 6.45) is 4.46. The molecular weight excluding hydrogens is 424 g/mol. The lowest BCUT2D eigenvalue weighted by Gasteiger charge is -2.35. The number of anilines is 2. The van der Waals surface area contributed by atoms with Crippen LogP contribution in [0.3, 0.4) is 0 Å². The van der Waals surface area contributed by atoms with Gasteiger partial charge in [-0.3, -0.25) is 9.78 Å². The number of carbonyl (C=O) groups is 1. The molecule has 0 N–H and O–H groups in total. The van der Waals surface area contributed by atoms with Crippen molar-refractivity contribution in [2.24, 2.45) is 0 Å². The maximum atomic E-state index is 13.2. The highest BCUT2D eigenvalue weighted by Crippen LogP contribution is 2.21. The molecule has 1 aliphatic rings. The number of nitrogens with zero attached hydrogens (tertiary/aromatic N) is 6. The molecule has 1 saturated heterocycles. The van der Waals surface area contributed by atoms with Crippen molar-refractivity contribution in [3.8, 4) is 0 Å². The second-order valence-corrected chi connectivity index (χ2v) is 8.53.